The maximum atomic E-state index is 10.7. The van der Waals surface area contributed by atoms with E-state index in [0.717, 1.165) is 0 Å². The standard InChI is InChI=1S/C10H7O3P/c11-8-5-9(14-13)10(12)7-4-2-1-3-6(7)8/h1-5,10,12H/p+1. The Bertz CT molecular complexity index is 458. The van der Waals surface area contributed by atoms with Gasteiger partial charge in [0.15, 0.2) is 0 Å². The van der Waals surface area contributed by atoms with Crippen molar-refractivity contribution < 1.29 is 14.8 Å². The summed E-state index contributed by atoms with van der Waals surface area (Å²) in [6.07, 6.45) is 0.447. The topological polar surface area (TPSA) is 57.5 Å². The van der Waals surface area contributed by atoms with Crippen molar-refractivity contribution in [3.63, 3.8) is 0 Å². The fourth-order valence-corrected chi connectivity index (χ4v) is 1.91. The van der Waals surface area contributed by atoms with Crippen molar-refractivity contribution in [1.29, 1.82) is 0 Å². The molecule has 1 aliphatic rings. The van der Waals surface area contributed by atoms with E-state index in [2.05, 4.69) is 0 Å². The molecular formula is C10H8O3P+. The summed E-state index contributed by atoms with van der Waals surface area (Å²) in [5, 5.41) is 19.6. The molecule has 0 spiro atoms. The molecule has 1 atom stereocenters. The van der Waals surface area contributed by atoms with Gasteiger partial charge >= 0.3 is 81.5 Å². The van der Waals surface area contributed by atoms with Crippen LogP contribution in [0, 0.1) is 0 Å². The van der Waals surface area contributed by atoms with Gasteiger partial charge in [0.25, 0.3) is 0 Å². The second-order valence-corrected chi connectivity index (χ2v) is 3.73. The van der Waals surface area contributed by atoms with Crippen LogP contribution in [0.4, 0.5) is 0 Å². The first-order valence-electron chi connectivity index (χ1n) is 4.12. The van der Waals surface area contributed by atoms with Gasteiger partial charge in [0.05, 0.1) is 0 Å². The molecule has 1 aliphatic carbocycles. The molecule has 0 saturated heterocycles. The third-order valence-corrected chi connectivity index (χ3v) is 2.79. The van der Waals surface area contributed by atoms with Crippen molar-refractivity contribution in [3.05, 3.63) is 41.5 Å². The van der Waals surface area contributed by atoms with Crippen LogP contribution in [-0.2, 0) is 4.57 Å². The van der Waals surface area contributed by atoms with Gasteiger partial charge in [0, 0.05) is 0 Å². The monoisotopic (exact) mass is 207 g/mol. The Hall–Kier alpha value is -1.18. The average Bonchev–Trinajstić information content (AvgIpc) is 2.23. The number of hydrogen-bond acceptors (Lipinski definition) is 3. The molecule has 2 N–H and O–H groups in total. The van der Waals surface area contributed by atoms with E-state index < -0.39 is 6.10 Å². The zero-order valence-electron chi connectivity index (χ0n) is 7.21. The fraction of sp³-hybridized carbons (Fsp3) is 0.100. The van der Waals surface area contributed by atoms with Crippen LogP contribution in [0.1, 0.15) is 17.2 Å². The Labute approximate surface area is 82.2 Å². The SMILES string of the molecule is O=[P+]=C1C=C(O)c2ccccc2C1O. The van der Waals surface area contributed by atoms with Gasteiger partial charge in [-0.1, -0.05) is 0 Å². The molecule has 70 valence electrons. The molecule has 0 aromatic heterocycles. The van der Waals surface area contributed by atoms with E-state index in [4.69, 9.17) is 0 Å². The summed E-state index contributed by atoms with van der Waals surface area (Å²) in [5.41, 5.74) is 1.18. The van der Waals surface area contributed by atoms with Gasteiger partial charge < -0.3 is 0 Å². The van der Waals surface area contributed by atoms with Crippen molar-refractivity contribution in [1.82, 2.24) is 0 Å². The van der Waals surface area contributed by atoms with Crippen molar-refractivity contribution >= 4 is 19.1 Å². The van der Waals surface area contributed by atoms with E-state index in [1.807, 2.05) is 0 Å². The number of aliphatic hydroxyl groups is 2. The van der Waals surface area contributed by atoms with Gasteiger partial charge in [-0.3, -0.25) is 0 Å². The normalized spacial score (nSPS) is 19.9. The molecule has 0 heterocycles. The molecule has 1 aromatic rings. The van der Waals surface area contributed by atoms with Crippen LogP contribution in [0.5, 0.6) is 0 Å². The predicted molar refractivity (Wildman–Crippen MR) is 54.6 cm³/mol. The molecule has 3 nitrogen and oxygen atoms in total. The van der Waals surface area contributed by atoms with Crippen molar-refractivity contribution in [3.8, 4) is 0 Å². The molecule has 0 saturated carbocycles. The van der Waals surface area contributed by atoms with Gasteiger partial charge in [-0.15, -0.1) is 0 Å². The molecule has 0 aliphatic heterocycles. The molecular weight excluding hydrogens is 199 g/mol. The van der Waals surface area contributed by atoms with Gasteiger partial charge in [-0.05, 0) is 0 Å². The number of rotatable bonds is 0. The Balaban J connectivity index is 2.68. The molecule has 2 rings (SSSR count). The van der Waals surface area contributed by atoms with Crippen molar-refractivity contribution in [2.24, 2.45) is 0 Å². The first-order valence-corrected chi connectivity index (χ1v) is 4.93. The second kappa shape index (κ2) is 3.52. The molecule has 0 amide bonds. The summed E-state index contributed by atoms with van der Waals surface area (Å²) in [7, 11) is -0.266. The Morgan fingerprint density at radius 1 is 1.29 bits per heavy atom. The van der Waals surface area contributed by atoms with Crippen LogP contribution >= 0.6 is 8.08 Å². The number of aliphatic hydroxyl groups excluding tert-OH is 2. The minimum atomic E-state index is -0.888. The average molecular weight is 207 g/mol. The third kappa shape index (κ3) is 1.35. The molecule has 14 heavy (non-hydrogen) atoms. The van der Waals surface area contributed by atoms with Crippen molar-refractivity contribution in [2.45, 2.75) is 6.10 Å². The summed E-state index contributed by atoms with van der Waals surface area (Å²) in [6.45, 7) is 0. The Kier molecular flexibility index (Phi) is 2.36. The number of hydrogen-bond donors (Lipinski definition) is 2. The first kappa shape index (κ1) is 9.38. The predicted octanol–water partition coefficient (Wildman–Crippen LogP) is 2.10. The van der Waals surface area contributed by atoms with E-state index >= 15 is 0 Å². The number of fused-ring (bicyclic) bond motifs is 1. The summed E-state index contributed by atoms with van der Waals surface area (Å²) in [5.74, 6) is 0.0456. The molecule has 0 radical (unpaired) electrons. The van der Waals surface area contributed by atoms with Crippen LogP contribution in [0.3, 0.4) is 0 Å². The van der Waals surface area contributed by atoms with Crippen LogP contribution in [0.2, 0.25) is 0 Å². The molecule has 0 fully saturated rings. The van der Waals surface area contributed by atoms with Crippen molar-refractivity contribution in [2.75, 3.05) is 0 Å². The van der Waals surface area contributed by atoms with Crippen LogP contribution in [0.15, 0.2) is 30.3 Å². The van der Waals surface area contributed by atoms with E-state index in [0.29, 0.717) is 11.1 Å². The Morgan fingerprint density at radius 3 is 2.71 bits per heavy atom. The third-order valence-electron chi connectivity index (χ3n) is 2.20. The van der Waals surface area contributed by atoms with E-state index in [1.165, 1.54) is 6.08 Å². The number of benzene rings is 1. The van der Waals surface area contributed by atoms with Crippen LogP contribution < -0.4 is 0 Å². The van der Waals surface area contributed by atoms with E-state index in [9.17, 15) is 14.8 Å². The summed E-state index contributed by atoms with van der Waals surface area (Å²) in [6, 6.07) is 6.95. The summed E-state index contributed by atoms with van der Waals surface area (Å²) < 4.78 is 10.7. The van der Waals surface area contributed by atoms with E-state index in [1.54, 1.807) is 24.3 Å². The second-order valence-electron chi connectivity index (χ2n) is 3.04. The van der Waals surface area contributed by atoms with E-state index in [-0.39, 0.29) is 19.1 Å². The first-order chi connectivity index (χ1) is 6.74. The Morgan fingerprint density at radius 2 is 2.00 bits per heavy atom. The quantitative estimate of drug-likeness (QED) is 0.640. The molecule has 0 bridgehead atoms. The van der Waals surface area contributed by atoms with Gasteiger partial charge in [0.2, 0.25) is 0 Å². The van der Waals surface area contributed by atoms with Gasteiger partial charge in [-0.25, -0.2) is 0 Å². The van der Waals surface area contributed by atoms with Crippen LogP contribution in [0.25, 0.3) is 5.76 Å². The molecule has 1 aromatic carbocycles. The molecule has 4 heteroatoms. The van der Waals surface area contributed by atoms with Gasteiger partial charge in [0.1, 0.15) is 0 Å². The molecule has 1 unspecified atom stereocenters. The minimum absolute atomic E-state index is 0.0456. The zero-order valence-corrected chi connectivity index (χ0v) is 8.11. The summed E-state index contributed by atoms with van der Waals surface area (Å²) in [4.78, 5) is 0. The van der Waals surface area contributed by atoms with Gasteiger partial charge in [-0.2, -0.15) is 0 Å². The summed E-state index contributed by atoms with van der Waals surface area (Å²) >= 11 is 0. The van der Waals surface area contributed by atoms with Crippen LogP contribution in [-0.4, -0.2) is 15.5 Å². The maximum absolute atomic E-state index is 10.7. The zero-order chi connectivity index (χ0) is 10.1. The fourth-order valence-electron chi connectivity index (χ4n) is 1.50.